The number of nitro benzene ring substituents is 1. The summed E-state index contributed by atoms with van der Waals surface area (Å²) in [6.07, 6.45) is 0.0565. The Morgan fingerprint density at radius 1 is 1.19 bits per heavy atom. The number of amides is 2. The zero-order chi connectivity index (χ0) is 19.1. The summed E-state index contributed by atoms with van der Waals surface area (Å²) < 4.78 is 5.09. The Balaban J connectivity index is 1.89. The Morgan fingerprint density at radius 3 is 2.50 bits per heavy atom. The molecule has 26 heavy (non-hydrogen) atoms. The number of hydrogen-bond donors (Lipinski definition) is 1. The molecule has 0 aromatic heterocycles. The van der Waals surface area contributed by atoms with Crippen molar-refractivity contribution in [1.29, 1.82) is 0 Å². The van der Waals surface area contributed by atoms with E-state index in [0.29, 0.717) is 17.0 Å². The van der Waals surface area contributed by atoms with Crippen molar-refractivity contribution in [3.8, 4) is 5.75 Å². The zero-order valence-corrected chi connectivity index (χ0v) is 14.5. The van der Waals surface area contributed by atoms with E-state index in [1.807, 2.05) is 0 Å². The highest BCUT2D eigenvalue weighted by molar-refractivity contribution is 5.94. The molecule has 0 aliphatic rings. The van der Waals surface area contributed by atoms with Gasteiger partial charge in [0.05, 0.1) is 25.0 Å². The molecule has 2 aromatic rings. The van der Waals surface area contributed by atoms with Crippen LogP contribution in [0, 0.1) is 10.1 Å². The lowest BCUT2D eigenvalue weighted by Crippen LogP contribution is -2.35. The maximum Gasteiger partial charge on any atom is 0.269 e. The number of methoxy groups -OCH3 is 1. The van der Waals surface area contributed by atoms with Gasteiger partial charge in [-0.05, 0) is 17.7 Å². The number of carbonyl (C=O) groups is 2. The van der Waals surface area contributed by atoms with Crippen LogP contribution in [0.5, 0.6) is 5.75 Å². The molecule has 0 spiro atoms. The maximum absolute atomic E-state index is 12.2. The van der Waals surface area contributed by atoms with Crippen molar-refractivity contribution in [2.75, 3.05) is 26.0 Å². The Bertz CT molecular complexity index is 805. The van der Waals surface area contributed by atoms with Crippen LogP contribution in [0.25, 0.3) is 0 Å². The highest BCUT2D eigenvalue weighted by Crippen LogP contribution is 2.16. The van der Waals surface area contributed by atoms with Crippen LogP contribution in [0.1, 0.15) is 5.56 Å². The minimum atomic E-state index is -0.499. The van der Waals surface area contributed by atoms with Gasteiger partial charge in [-0.25, -0.2) is 0 Å². The topological polar surface area (TPSA) is 102 Å². The molecule has 0 bridgehead atoms. The molecule has 0 saturated carbocycles. The lowest BCUT2D eigenvalue weighted by molar-refractivity contribution is -0.384. The number of nitro groups is 1. The quantitative estimate of drug-likeness (QED) is 0.605. The number of likely N-dealkylation sites (N-methyl/N-ethyl adjacent to an activating group) is 1. The number of carbonyl (C=O) groups excluding carboxylic acids is 2. The van der Waals surface area contributed by atoms with Gasteiger partial charge in [-0.2, -0.15) is 0 Å². The molecule has 136 valence electrons. The minimum Gasteiger partial charge on any atom is -0.497 e. The largest absolute Gasteiger partial charge is 0.497 e. The van der Waals surface area contributed by atoms with Crippen molar-refractivity contribution in [3.05, 3.63) is 64.2 Å². The van der Waals surface area contributed by atoms with Gasteiger partial charge in [0.1, 0.15) is 5.75 Å². The smallest absolute Gasteiger partial charge is 0.269 e. The summed E-state index contributed by atoms with van der Waals surface area (Å²) in [4.78, 5) is 35.7. The summed E-state index contributed by atoms with van der Waals surface area (Å²) in [7, 11) is 3.06. The van der Waals surface area contributed by atoms with Gasteiger partial charge in [0, 0.05) is 30.9 Å². The number of hydrogen-bond acceptors (Lipinski definition) is 5. The second kappa shape index (κ2) is 8.61. The highest BCUT2D eigenvalue weighted by Gasteiger charge is 2.14. The molecule has 8 heteroatoms. The summed E-state index contributed by atoms with van der Waals surface area (Å²) in [5, 5.41) is 13.3. The molecule has 0 saturated heterocycles. The maximum atomic E-state index is 12.2. The fraction of sp³-hybridized carbons (Fsp3) is 0.222. The molecule has 0 heterocycles. The van der Waals surface area contributed by atoms with Gasteiger partial charge in [0.25, 0.3) is 5.69 Å². The van der Waals surface area contributed by atoms with Crippen LogP contribution < -0.4 is 10.1 Å². The summed E-state index contributed by atoms with van der Waals surface area (Å²) >= 11 is 0. The zero-order valence-electron chi connectivity index (χ0n) is 14.5. The predicted octanol–water partition coefficient (Wildman–Crippen LogP) is 2.24. The third kappa shape index (κ3) is 5.30. The summed E-state index contributed by atoms with van der Waals surface area (Å²) in [6.45, 7) is -0.108. The lowest BCUT2D eigenvalue weighted by Gasteiger charge is -2.17. The van der Waals surface area contributed by atoms with Crippen LogP contribution in [0.15, 0.2) is 48.5 Å². The molecule has 1 N–H and O–H groups in total. The van der Waals surface area contributed by atoms with Crippen LogP contribution in [0.4, 0.5) is 11.4 Å². The van der Waals surface area contributed by atoms with E-state index in [4.69, 9.17) is 4.74 Å². The molecule has 0 aliphatic heterocycles. The van der Waals surface area contributed by atoms with Crippen molar-refractivity contribution in [1.82, 2.24) is 4.90 Å². The average Bonchev–Trinajstić information content (AvgIpc) is 2.62. The third-order valence-electron chi connectivity index (χ3n) is 3.66. The van der Waals surface area contributed by atoms with E-state index in [9.17, 15) is 19.7 Å². The molecule has 2 aromatic carbocycles. The van der Waals surface area contributed by atoms with Crippen LogP contribution in [-0.4, -0.2) is 42.3 Å². The fourth-order valence-electron chi connectivity index (χ4n) is 2.25. The van der Waals surface area contributed by atoms with E-state index >= 15 is 0 Å². The Kier molecular flexibility index (Phi) is 6.26. The molecule has 0 aliphatic carbocycles. The fourth-order valence-corrected chi connectivity index (χ4v) is 2.25. The van der Waals surface area contributed by atoms with Gasteiger partial charge >= 0.3 is 0 Å². The van der Waals surface area contributed by atoms with Crippen LogP contribution in [-0.2, 0) is 16.0 Å². The standard InChI is InChI=1S/C18H19N3O5/c1-20(12-17(22)19-14-4-3-5-16(11-14)26-2)18(23)10-13-6-8-15(9-7-13)21(24)25/h3-9,11H,10,12H2,1-2H3,(H,19,22). The Hall–Kier alpha value is -3.42. The van der Waals surface area contributed by atoms with Crippen molar-refractivity contribution in [2.45, 2.75) is 6.42 Å². The van der Waals surface area contributed by atoms with Gasteiger partial charge in [-0.1, -0.05) is 18.2 Å². The van der Waals surface area contributed by atoms with Crippen molar-refractivity contribution < 1.29 is 19.2 Å². The van der Waals surface area contributed by atoms with Crippen molar-refractivity contribution >= 4 is 23.2 Å². The predicted molar refractivity (Wildman–Crippen MR) is 96.1 cm³/mol. The molecule has 0 radical (unpaired) electrons. The lowest BCUT2D eigenvalue weighted by atomic mass is 10.1. The monoisotopic (exact) mass is 357 g/mol. The number of non-ortho nitro benzene ring substituents is 1. The Labute approximate surface area is 150 Å². The first kappa shape index (κ1) is 18.9. The second-order valence-electron chi connectivity index (χ2n) is 5.63. The van der Waals surface area contributed by atoms with E-state index in [1.165, 1.54) is 43.3 Å². The number of ether oxygens (including phenoxy) is 1. The van der Waals surface area contributed by atoms with Crippen LogP contribution in [0.3, 0.4) is 0 Å². The van der Waals surface area contributed by atoms with Crippen molar-refractivity contribution in [2.24, 2.45) is 0 Å². The van der Waals surface area contributed by atoms with Crippen LogP contribution >= 0.6 is 0 Å². The van der Waals surface area contributed by atoms with E-state index in [1.54, 1.807) is 24.3 Å². The minimum absolute atomic E-state index is 0.0350. The second-order valence-corrected chi connectivity index (χ2v) is 5.63. The van der Waals surface area contributed by atoms with Crippen molar-refractivity contribution in [3.63, 3.8) is 0 Å². The summed E-state index contributed by atoms with van der Waals surface area (Å²) in [6, 6.07) is 12.7. The highest BCUT2D eigenvalue weighted by atomic mass is 16.6. The summed E-state index contributed by atoms with van der Waals surface area (Å²) in [5.41, 5.74) is 1.18. The molecule has 2 rings (SSSR count). The third-order valence-corrected chi connectivity index (χ3v) is 3.66. The summed E-state index contributed by atoms with van der Waals surface area (Å²) in [5.74, 6) is 0.0165. The number of benzene rings is 2. The first-order valence-electron chi connectivity index (χ1n) is 7.80. The number of anilines is 1. The molecule has 8 nitrogen and oxygen atoms in total. The molecular formula is C18H19N3O5. The molecular weight excluding hydrogens is 338 g/mol. The molecule has 2 amide bonds. The number of rotatable bonds is 7. The SMILES string of the molecule is COc1cccc(NC(=O)CN(C)C(=O)Cc2ccc([N+](=O)[O-])cc2)c1. The van der Waals surface area contributed by atoms with Gasteiger partial charge in [0.15, 0.2) is 0 Å². The first-order valence-corrected chi connectivity index (χ1v) is 7.80. The van der Waals surface area contributed by atoms with Gasteiger partial charge in [-0.15, -0.1) is 0 Å². The van der Waals surface area contributed by atoms with E-state index < -0.39 is 4.92 Å². The normalized spacial score (nSPS) is 10.1. The van der Waals surface area contributed by atoms with Gasteiger partial charge < -0.3 is 15.0 Å². The van der Waals surface area contributed by atoms with E-state index in [0.717, 1.165) is 0 Å². The number of nitrogens with zero attached hydrogens (tertiary/aromatic N) is 2. The Morgan fingerprint density at radius 2 is 1.88 bits per heavy atom. The first-order chi connectivity index (χ1) is 12.4. The van der Waals surface area contributed by atoms with Gasteiger partial charge in [0.2, 0.25) is 11.8 Å². The average molecular weight is 357 g/mol. The molecule has 0 atom stereocenters. The molecule has 0 unspecified atom stereocenters. The molecule has 0 fully saturated rings. The van der Waals surface area contributed by atoms with Crippen LogP contribution in [0.2, 0.25) is 0 Å². The number of nitrogens with one attached hydrogen (secondary N) is 1. The van der Waals surface area contributed by atoms with Gasteiger partial charge in [-0.3, -0.25) is 19.7 Å². The van der Waals surface area contributed by atoms with E-state index in [2.05, 4.69) is 5.32 Å². The van der Waals surface area contributed by atoms with E-state index in [-0.39, 0.29) is 30.5 Å².